The summed E-state index contributed by atoms with van der Waals surface area (Å²) in [4.78, 5) is 11.1. The Hall–Kier alpha value is -2.14. The van der Waals surface area contributed by atoms with E-state index in [0.717, 1.165) is 17.1 Å². The SMILES string of the molecule is Cc1cc(C)n(-c2cccc(NC(=O)CO)c2)n1. The van der Waals surface area contributed by atoms with Crippen molar-refractivity contribution in [3.05, 3.63) is 41.7 Å². The summed E-state index contributed by atoms with van der Waals surface area (Å²) in [5, 5.41) is 15.7. The molecule has 1 aromatic heterocycles. The molecule has 0 spiro atoms. The number of hydrogen-bond donors (Lipinski definition) is 2. The molecular weight excluding hydrogens is 230 g/mol. The van der Waals surface area contributed by atoms with Gasteiger partial charge in [0.05, 0.1) is 11.4 Å². The molecule has 0 aliphatic rings. The van der Waals surface area contributed by atoms with E-state index in [0.29, 0.717) is 5.69 Å². The van der Waals surface area contributed by atoms with Crippen molar-refractivity contribution >= 4 is 11.6 Å². The third-order valence-corrected chi connectivity index (χ3v) is 2.53. The van der Waals surface area contributed by atoms with Crippen molar-refractivity contribution in [2.45, 2.75) is 13.8 Å². The lowest BCUT2D eigenvalue weighted by molar-refractivity contribution is -0.118. The van der Waals surface area contributed by atoms with E-state index >= 15 is 0 Å². The standard InChI is InChI=1S/C13H15N3O2/c1-9-6-10(2)16(15-9)12-5-3-4-11(7-12)14-13(18)8-17/h3-7,17H,8H2,1-2H3,(H,14,18). The van der Waals surface area contributed by atoms with Gasteiger partial charge in [0.2, 0.25) is 5.91 Å². The minimum Gasteiger partial charge on any atom is -0.387 e. The number of aliphatic hydroxyl groups is 1. The number of aromatic nitrogens is 2. The van der Waals surface area contributed by atoms with Crippen molar-refractivity contribution in [2.75, 3.05) is 11.9 Å². The highest BCUT2D eigenvalue weighted by molar-refractivity contribution is 5.91. The number of aryl methyl sites for hydroxylation is 2. The molecule has 2 rings (SSSR count). The molecule has 1 amide bonds. The predicted octanol–water partition coefficient (Wildman–Crippen LogP) is 1.42. The molecule has 0 aliphatic heterocycles. The summed E-state index contributed by atoms with van der Waals surface area (Å²) >= 11 is 0. The van der Waals surface area contributed by atoms with Crippen LogP contribution < -0.4 is 5.32 Å². The first-order valence-electron chi connectivity index (χ1n) is 5.64. The van der Waals surface area contributed by atoms with Gasteiger partial charge in [-0.15, -0.1) is 0 Å². The first-order valence-corrected chi connectivity index (χ1v) is 5.64. The van der Waals surface area contributed by atoms with Gasteiger partial charge in [-0.25, -0.2) is 4.68 Å². The van der Waals surface area contributed by atoms with E-state index < -0.39 is 12.5 Å². The highest BCUT2D eigenvalue weighted by atomic mass is 16.3. The lowest BCUT2D eigenvalue weighted by Crippen LogP contribution is -2.15. The van der Waals surface area contributed by atoms with E-state index in [1.807, 2.05) is 42.8 Å². The highest BCUT2D eigenvalue weighted by Gasteiger charge is 2.05. The number of carbonyl (C=O) groups is 1. The Morgan fingerprint density at radius 2 is 2.17 bits per heavy atom. The van der Waals surface area contributed by atoms with Crippen molar-refractivity contribution in [3.63, 3.8) is 0 Å². The average Bonchev–Trinajstić information content (AvgIpc) is 2.68. The summed E-state index contributed by atoms with van der Waals surface area (Å²) in [7, 11) is 0. The van der Waals surface area contributed by atoms with Crippen LogP contribution in [0.1, 0.15) is 11.4 Å². The van der Waals surface area contributed by atoms with E-state index in [9.17, 15) is 4.79 Å². The smallest absolute Gasteiger partial charge is 0.250 e. The number of anilines is 1. The number of hydrogen-bond acceptors (Lipinski definition) is 3. The minimum atomic E-state index is -0.524. The summed E-state index contributed by atoms with van der Waals surface area (Å²) in [6.07, 6.45) is 0. The van der Waals surface area contributed by atoms with Gasteiger partial charge in [-0.1, -0.05) is 6.07 Å². The second-order valence-corrected chi connectivity index (χ2v) is 4.10. The molecular formula is C13H15N3O2. The second kappa shape index (κ2) is 5.01. The van der Waals surface area contributed by atoms with Crippen molar-refractivity contribution in [1.82, 2.24) is 9.78 Å². The zero-order chi connectivity index (χ0) is 13.1. The largest absolute Gasteiger partial charge is 0.387 e. The summed E-state index contributed by atoms with van der Waals surface area (Å²) in [5.41, 5.74) is 3.48. The maximum Gasteiger partial charge on any atom is 0.250 e. The molecule has 94 valence electrons. The van der Waals surface area contributed by atoms with Crippen molar-refractivity contribution in [1.29, 1.82) is 0 Å². The van der Waals surface area contributed by atoms with Crippen LogP contribution in [0.5, 0.6) is 0 Å². The minimum absolute atomic E-state index is 0.430. The zero-order valence-corrected chi connectivity index (χ0v) is 10.3. The number of amides is 1. The van der Waals surface area contributed by atoms with Crippen LogP contribution in [-0.4, -0.2) is 27.4 Å². The maximum absolute atomic E-state index is 11.1. The van der Waals surface area contributed by atoms with Gasteiger partial charge >= 0.3 is 0 Å². The monoisotopic (exact) mass is 245 g/mol. The van der Waals surface area contributed by atoms with Gasteiger partial charge in [0, 0.05) is 11.4 Å². The Morgan fingerprint density at radius 3 is 2.78 bits per heavy atom. The van der Waals surface area contributed by atoms with Crippen LogP contribution in [0, 0.1) is 13.8 Å². The molecule has 2 N–H and O–H groups in total. The number of nitrogens with zero attached hydrogens (tertiary/aromatic N) is 2. The number of nitrogens with one attached hydrogen (secondary N) is 1. The Labute approximate surface area is 105 Å². The molecule has 18 heavy (non-hydrogen) atoms. The lowest BCUT2D eigenvalue weighted by Gasteiger charge is -2.07. The predicted molar refractivity (Wildman–Crippen MR) is 68.8 cm³/mol. The Bertz CT molecular complexity index is 575. The number of rotatable bonds is 3. The molecule has 0 saturated carbocycles. The molecule has 1 heterocycles. The van der Waals surface area contributed by atoms with Gasteiger partial charge in [-0.3, -0.25) is 4.79 Å². The number of benzene rings is 1. The van der Waals surface area contributed by atoms with E-state index in [1.54, 1.807) is 6.07 Å². The van der Waals surface area contributed by atoms with Gasteiger partial charge in [-0.2, -0.15) is 5.10 Å². The van der Waals surface area contributed by atoms with Crippen LogP contribution in [0.15, 0.2) is 30.3 Å². The van der Waals surface area contributed by atoms with Gasteiger partial charge < -0.3 is 10.4 Å². The molecule has 0 saturated heterocycles. The Morgan fingerprint density at radius 1 is 1.39 bits per heavy atom. The average molecular weight is 245 g/mol. The van der Waals surface area contributed by atoms with Crippen LogP contribution in [0.25, 0.3) is 5.69 Å². The van der Waals surface area contributed by atoms with E-state index in [2.05, 4.69) is 10.4 Å². The summed E-state index contributed by atoms with van der Waals surface area (Å²) in [6.45, 7) is 3.38. The summed E-state index contributed by atoms with van der Waals surface area (Å²) in [5.74, 6) is -0.430. The third kappa shape index (κ3) is 2.57. The molecule has 0 aliphatic carbocycles. The molecule has 2 aromatic rings. The topological polar surface area (TPSA) is 67.2 Å². The zero-order valence-electron chi connectivity index (χ0n) is 10.3. The molecule has 0 fully saturated rings. The van der Waals surface area contributed by atoms with Crippen LogP contribution in [-0.2, 0) is 4.79 Å². The summed E-state index contributed by atoms with van der Waals surface area (Å²) < 4.78 is 1.81. The van der Waals surface area contributed by atoms with Crippen LogP contribution in [0.3, 0.4) is 0 Å². The van der Waals surface area contributed by atoms with Crippen LogP contribution >= 0.6 is 0 Å². The quantitative estimate of drug-likeness (QED) is 0.859. The molecule has 5 heteroatoms. The van der Waals surface area contributed by atoms with Gasteiger partial charge in [-0.05, 0) is 38.1 Å². The highest BCUT2D eigenvalue weighted by Crippen LogP contribution is 2.16. The fourth-order valence-corrected chi connectivity index (χ4v) is 1.81. The third-order valence-electron chi connectivity index (χ3n) is 2.53. The first kappa shape index (κ1) is 12.3. The van der Waals surface area contributed by atoms with E-state index in [-0.39, 0.29) is 0 Å². The Kier molecular flexibility index (Phi) is 3.43. The molecule has 1 aromatic carbocycles. The number of aliphatic hydroxyl groups excluding tert-OH is 1. The normalized spacial score (nSPS) is 10.4. The van der Waals surface area contributed by atoms with Crippen molar-refractivity contribution < 1.29 is 9.90 Å². The molecule has 0 bridgehead atoms. The van der Waals surface area contributed by atoms with E-state index in [4.69, 9.17) is 5.11 Å². The van der Waals surface area contributed by atoms with E-state index in [1.165, 1.54) is 0 Å². The molecule has 5 nitrogen and oxygen atoms in total. The van der Waals surface area contributed by atoms with Gasteiger partial charge in [0.1, 0.15) is 6.61 Å². The molecule has 0 unspecified atom stereocenters. The summed E-state index contributed by atoms with van der Waals surface area (Å²) in [6, 6.07) is 9.31. The second-order valence-electron chi connectivity index (χ2n) is 4.10. The molecule has 0 radical (unpaired) electrons. The fourth-order valence-electron chi connectivity index (χ4n) is 1.81. The number of carbonyl (C=O) groups excluding carboxylic acids is 1. The van der Waals surface area contributed by atoms with Crippen LogP contribution in [0.4, 0.5) is 5.69 Å². The lowest BCUT2D eigenvalue weighted by atomic mass is 10.2. The van der Waals surface area contributed by atoms with Crippen LogP contribution in [0.2, 0.25) is 0 Å². The Balaban J connectivity index is 2.32. The first-order chi connectivity index (χ1) is 8.60. The van der Waals surface area contributed by atoms with Gasteiger partial charge in [0.25, 0.3) is 0 Å². The maximum atomic E-state index is 11.1. The van der Waals surface area contributed by atoms with Gasteiger partial charge in [0.15, 0.2) is 0 Å². The molecule has 0 atom stereocenters. The fraction of sp³-hybridized carbons (Fsp3) is 0.231. The van der Waals surface area contributed by atoms with Crippen molar-refractivity contribution in [2.24, 2.45) is 0 Å². The van der Waals surface area contributed by atoms with Crippen molar-refractivity contribution in [3.8, 4) is 5.69 Å².